The van der Waals surface area contributed by atoms with Crippen LogP contribution in [0.2, 0.25) is 0 Å². The molecule has 1 aliphatic heterocycles. The molecule has 1 aromatic carbocycles. The number of nitrogens with zero attached hydrogens (tertiary/aromatic N) is 1. The molecular weight excluding hydrogens is 301 g/mol. The van der Waals surface area contributed by atoms with Crippen LogP contribution in [0.1, 0.15) is 12.8 Å². The van der Waals surface area contributed by atoms with E-state index in [2.05, 4.69) is 5.32 Å². The molecule has 2 amide bonds. The molecule has 1 unspecified atom stereocenters. The lowest BCUT2D eigenvalue weighted by atomic mass is 9.97. The van der Waals surface area contributed by atoms with Crippen molar-refractivity contribution in [2.45, 2.75) is 12.8 Å². The van der Waals surface area contributed by atoms with Crippen LogP contribution in [0.3, 0.4) is 0 Å². The fourth-order valence-corrected chi connectivity index (χ4v) is 2.52. The Morgan fingerprint density at radius 3 is 2.78 bits per heavy atom. The minimum atomic E-state index is -0.356. The van der Waals surface area contributed by atoms with Gasteiger partial charge in [-0.15, -0.1) is 0 Å². The molecule has 0 aliphatic carbocycles. The van der Waals surface area contributed by atoms with Crippen molar-refractivity contribution in [3.8, 4) is 5.75 Å². The summed E-state index contributed by atoms with van der Waals surface area (Å²) < 4.78 is 18.2. The molecule has 0 saturated carbocycles. The SMILES string of the molecule is NCCNC(=O)C1CCCN(C(=O)COc2ccc(F)cc2)C1. The number of benzene rings is 1. The lowest BCUT2D eigenvalue weighted by Gasteiger charge is -2.32. The number of hydrogen-bond acceptors (Lipinski definition) is 4. The molecular formula is C16H22FN3O3. The minimum absolute atomic E-state index is 0.0626. The second-order valence-corrected chi connectivity index (χ2v) is 5.50. The monoisotopic (exact) mass is 323 g/mol. The molecule has 23 heavy (non-hydrogen) atoms. The fourth-order valence-electron chi connectivity index (χ4n) is 2.52. The Bertz CT molecular complexity index is 536. The number of nitrogens with two attached hydrogens (primary N) is 1. The second kappa shape index (κ2) is 8.47. The molecule has 0 aromatic heterocycles. The summed E-state index contributed by atoms with van der Waals surface area (Å²) >= 11 is 0. The summed E-state index contributed by atoms with van der Waals surface area (Å²) in [6.45, 7) is 1.72. The number of amides is 2. The summed E-state index contributed by atoms with van der Waals surface area (Å²) in [4.78, 5) is 25.8. The van der Waals surface area contributed by atoms with Crippen molar-refractivity contribution >= 4 is 11.8 Å². The van der Waals surface area contributed by atoms with Crippen molar-refractivity contribution in [2.24, 2.45) is 11.7 Å². The lowest BCUT2D eigenvalue weighted by Crippen LogP contribution is -2.47. The second-order valence-electron chi connectivity index (χ2n) is 5.50. The lowest BCUT2D eigenvalue weighted by molar-refractivity contribution is -0.137. The average Bonchev–Trinajstić information content (AvgIpc) is 2.59. The fraction of sp³-hybridized carbons (Fsp3) is 0.500. The highest BCUT2D eigenvalue weighted by Gasteiger charge is 2.28. The maximum absolute atomic E-state index is 12.8. The van der Waals surface area contributed by atoms with Crippen LogP contribution in [0.25, 0.3) is 0 Å². The zero-order valence-electron chi connectivity index (χ0n) is 13.0. The van der Waals surface area contributed by atoms with E-state index in [1.165, 1.54) is 24.3 Å². The molecule has 0 spiro atoms. The quantitative estimate of drug-likeness (QED) is 0.799. The van der Waals surface area contributed by atoms with Gasteiger partial charge in [-0.1, -0.05) is 0 Å². The third kappa shape index (κ3) is 5.21. The molecule has 7 heteroatoms. The highest BCUT2D eigenvalue weighted by molar-refractivity contribution is 5.81. The molecule has 0 radical (unpaired) electrons. The van der Waals surface area contributed by atoms with E-state index in [0.29, 0.717) is 31.9 Å². The number of likely N-dealkylation sites (tertiary alicyclic amines) is 1. The largest absolute Gasteiger partial charge is 0.484 e. The molecule has 3 N–H and O–H groups in total. The highest BCUT2D eigenvalue weighted by atomic mass is 19.1. The molecule has 1 fully saturated rings. The third-order valence-corrected chi connectivity index (χ3v) is 3.76. The van der Waals surface area contributed by atoms with Crippen molar-refractivity contribution in [2.75, 3.05) is 32.8 Å². The van der Waals surface area contributed by atoms with Crippen LogP contribution in [0.4, 0.5) is 4.39 Å². The molecule has 0 bridgehead atoms. The van der Waals surface area contributed by atoms with Gasteiger partial charge in [0.25, 0.3) is 5.91 Å². The van der Waals surface area contributed by atoms with Crippen LogP contribution in [-0.2, 0) is 9.59 Å². The zero-order valence-corrected chi connectivity index (χ0v) is 13.0. The van der Waals surface area contributed by atoms with Crippen LogP contribution < -0.4 is 15.8 Å². The first-order valence-corrected chi connectivity index (χ1v) is 7.74. The van der Waals surface area contributed by atoms with E-state index in [4.69, 9.17) is 10.5 Å². The molecule has 1 atom stereocenters. The van der Waals surface area contributed by atoms with Gasteiger partial charge in [0.15, 0.2) is 6.61 Å². The van der Waals surface area contributed by atoms with Gasteiger partial charge < -0.3 is 20.7 Å². The molecule has 1 saturated heterocycles. The van der Waals surface area contributed by atoms with Crippen LogP contribution in [0, 0.1) is 11.7 Å². The minimum Gasteiger partial charge on any atom is -0.484 e. The number of carbonyl (C=O) groups excluding carboxylic acids is 2. The van der Waals surface area contributed by atoms with Gasteiger partial charge in [0.1, 0.15) is 11.6 Å². The first-order valence-electron chi connectivity index (χ1n) is 7.74. The number of ether oxygens (including phenoxy) is 1. The molecule has 2 rings (SSSR count). The number of nitrogens with one attached hydrogen (secondary N) is 1. The summed E-state index contributed by atoms with van der Waals surface area (Å²) in [5, 5.41) is 2.76. The van der Waals surface area contributed by atoms with Crippen LogP contribution in [0.5, 0.6) is 5.75 Å². The highest BCUT2D eigenvalue weighted by Crippen LogP contribution is 2.17. The third-order valence-electron chi connectivity index (χ3n) is 3.76. The number of rotatable bonds is 6. The Morgan fingerprint density at radius 1 is 1.35 bits per heavy atom. The average molecular weight is 323 g/mol. The van der Waals surface area contributed by atoms with Crippen molar-refractivity contribution < 1.29 is 18.7 Å². The molecule has 126 valence electrons. The first-order chi connectivity index (χ1) is 11.1. The van der Waals surface area contributed by atoms with Crippen LogP contribution in [0.15, 0.2) is 24.3 Å². The van der Waals surface area contributed by atoms with Gasteiger partial charge in [0, 0.05) is 26.2 Å². The zero-order chi connectivity index (χ0) is 16.7. The normalized spacial score (nSPS) is 17.7. The van der Waals surface area contributed by atoms with Crippen molar-refractivity contribution in [3.05, 3.63) is 30.1 Å². The predicted octanol–water partition coefficient (Wildman–Crippen LogP) is 0.518. The summed E-state index contributed by atoms with van der Waals surface area (Å²) in [5.41, 5.74) is 5.37. The number of halogens is 1. The summed E-state index contributed by atoms with van der Waals surface area (Å²) in [5.74, 6) is -0.358. The Kier molecular flexibility index (Phi) is 6.34. The smallest absolute Gasteiger partial charge is 0.260 e. The van der Waals surface area contributed by atoms with E-state index in [1.807, 2.05) is 0 Å². The van der Waals surface area contributed by atoms with Crippen molar-refractivity contribution in [1.82, 2.24) is 10.2 Å². The van der Waals surface area contributed by atoms with Crippen LogP contribution in [-0.4, -0.2) is 49.5 Å². The standard InChI is InChI=1S/C16H22FN3O3/c17-13-3-5-14(6-4-13)23-11-15(21)20-9-1-2-12(10-20)16(22)19-8-7-18/h3-6,12H,1-2,7-11,18H2,(H,19,22). The summed E-state index contributed by atoms with van der Waals surface area (Å²) in [6.07, 6.45) is 1.54. The molecule has 1 heterocycles. The number of hydrogen-bond donors (Lipinski definition) is 2. The van der Waals surface area contributed by atoms with Gasteiger partial charge in [0.2, 0.25) is 5.91 Å². The van der Waals surface area contributed by atoms with Gasteiger partial charge in [-0.05, 0) is 37.1 Å². The van der Waals surface area contributed by atoms with E-state index in [-0.39, 0.29) is 30.2 Å². The van der Waals surface area contributed by atoms with Gasteiger partial charge in [-0.3, -0.25) is 9.59 Å². The Hall–Kier alpha value is -2.15. The molecule has 6 nitrogen and oxygen atoms in total. The summed E-state index contributed by atoms with van der Waals surface area (Å²) in [7, 11) is 0. The van der Waals surface area contributed by atoms with E-state index >= 15 is 0 Å². The molecule has 1 aliphatic rings. The Balaban J connectivity index is 1.81. The summed E-state index contributed by atoms with van der Waals surface area (Å²) in [6, 6.07) is 5.50. The maximum Gasteiger partial charge on any atom is 0.260 e. The first kappa shape index (κ1) is 17.2. The number of carbonyl (C=O) groups is 2. The Labute approximate surface area is 134 Å². The van der Waals surface area contributed by atoms with Crippen molar-refractivity contribution in [3.63, 3.8) is 0 Å². The Morgan fingerprint density at radius 2 is 2.09 bits per heavy atom. The van der Waals surface area contributed by atoms with Crippen LogP contribution >= 0.6 is 0 Å². The number of piperidine rings is 1. The maximum atomic E-state index is 12.8. The topological polar surface area (TPSA) is 84.7 Å². The van der Waals surface area contributed by atoms with E-state index in [0.717, 1.165) is 12.8 Å². The van der Waals surface area contributed by atoms with Gasteiger partial charge in [-0.25, -0.2) is 4.39 Å². The van der Waals surface area contributed by atoms with Gasteiger partial charge in [-0.2, -0.15) is 0 Å². The van der Waals surface area contributed by atoms with E-state index < -0.39 is 0 Å². The van der Waals surface area contributed by atoms with Crippen molar-refractivity contribution in [1.29, 1.82) is 0 Å². The molecule has 1 aromatic rings. The predicted molar refractivity (Wildman–Crippen MR) is 83.3 cm³/mol. The van der Waals surface area contributed by atoms with Gasteiger partial charge in [0.05, 0.1) is 5.92 Å². The van der Waals surface area contributed by atoms with E-state index in [9.17, 15) is 14.0 Å². The van der Waals surface area contributed by atoms with E-state index in [1.54, 1.807) is 4.90 Å². The van der Waals surface area contributed by atoms with Gasteiger partial charge >= 0.3 is 0 Å².